The zero-order valence-corrected chi connectivity index (χ0v) is 9.88. The first-order valence-corrected chi connectivity index (χ1v) is 5.40. The molecule has 3 N–H and O–H groups in total. The normalized spacial score (nSPS) is 12.4. The number of aromatic nitrogens is 2. The van der Waals surface area contributed by atoms with E-state index in [2.05, 4.69) is 9.97 Å². The molecule has 1 unspecified atom stereocenters. The Balaban J connectivity index is 2.39. The molecule has 1 atom stereocenters. The number of hydrogen-bond donors (Lipinski definition) is 2. The summed E-state index contributed by atoms with van der Waals surface area (Å²) < 4.78 is 0. The maximum absolute atomic E-state index is 10.2. The number of anilines is 1. The Morgan fingerprint density at radius 1 is 1.18 bits per heavy atom. The minimum atomic E-state index is -0.782. The van der Waals surface area contributed by atoms with Crippen LogP contribution in [0.2, 0.25) is 0 Å². The molecule has 0 fully saturated rings. The van der Waals surface area contributed by atoms with Gasteiger partial charge in [0.25, 0.3) is 0 Å². The van der Waals surface area contributed by atoms with E-state index in [-0.39, 0.29) is 0 Å². The zero-order valence-electron chi connectivity index (χ0n) is 9.88. The van der Waals surface area contributed by atoms with Crippen LogP contribution in [0, 0.1) is 13.8 Å². The first-order chi connectivity index (χ1) is 8.08. The fourth-order valence-corrected chi connectivity index (χ4v) is 1.64. The lowest BCUT2D eigenvalue weighted by Crippen LogP contribution is -2.06. The van der Waals surface area contributed by atoms with Crippen molar-refractivity contribution >= 4 is 5.82 Å². The minimum absolute atomic E-state index is 0.351. The summed E-state index contributed by atoms with van der Waals surface area (Å²) >= 11 is 0. The molecule has 2 rings (SSSR count). The van der Waals surface area contributed by atoms with Crippen molar-refractivity contribution in [3.63, 3.8) is 0 Å². The molecular weight excluding hydrogens is 214 g/mol. The zero-order chi connectivity index (χ0) is 12.4. The molecule has 4 nitrogen and oxygen atoms in total. The predicted molar refractivity (Wildman–Crippen MR) is 66.4 cm³/mol. The van der Waals surface area contributed by atoms with E-state index in [1.165, 1.54) is 0 Å². The van der Waals surface area contributed by atoms with Gasteiger partial charge in [0.1, 0.15) is 11.9 Å². The summed E-state index contributed by atoms with van der Waals surface area (Å²) in [7, 11) is 0. The number of rotatable bonds is 2. The second-order valence-electron chi connectivity index (χ2n) is 4.12. The molecule has 2 aromatic heterocycles. The third kappa shape index (κ3) is 2.42. The van der Waals surface area contributed by atoms with E-state index in [1.807, 2.05) is 32.0 Å². The van der Waals surface area contributed by atoms with Crippen LogP contribution < -0.4 is 5.73 Å². The van der Waals surface area contributed by atoms with Gasteiger partial charge < -0.3 is 10.8 Å². The van der Waals surface area contributed by atoms with Gasteiger partial charge in [0.05, 0.1) is 0 Å². The fraction of sp³-hybridized carbons (Fsp3) is 0.231. The average Bonchev–Trinajstić information content (AvgIpc) is 2.32. The smallest absolute Gasteiger partial charge is 0.129 e. The van der Waals surface area contributed by atoms with Crippen LogP contribution in [0.3, 0.4) is 0 Å². The van der Waals surface area contributed by atoms with Crippen LogP contribution in [-0.4, -0.2) is 15.1 Å². The summed E-state index contributed by atoms with van der Waals surface area (Å²) in [6.45, 7) is 3.81. The maximum Gasteiger partial charge on any atom is 0.129 e. The van der Waals surface area contributed by atoms with Crippen LogP contribution in [0.1, 0.15) is 28.5 Å². The molecular formula is C13H15N3O. The lowest BCUT2D eigenvalue weighted by molar-refractivity contribution is 0.220. The number of nitrogens with two attached hydrogens (primary N) is 1. The highest BCUT2D eigenvalue weighted by molar-refractivity contribution is 5.45. The molecule has 0 saturated carbocycles. The molecule has 0 saturated heterocycles. The fourth-order valence-electron chi connectivity index (χ4n) is 1.64. The Labute approximate surface area is 100 Å². The lowest BCUT2D eigenvalue weighted by Gasteiger charge is -2.13. The van der Waals surface area contributed by atoms with E-state index < -0.39 is 6.10 Å². The summed E-state index contributed by atoms with van der Waals surface area (Å²) in [5.41, 5.74) is 8.98. The van der Waals surface area contributed by atoms with Crippen molar-refractivity contribution in [2.75, 3.05) is 5.73 Å². The average molecular weight is 229 g/mol. The van der Waals surface area contributed by atoms with E-state index in [0.717, 1.165) is 16.8 Å². The van der Waals surface area contributed by atoms with Gasteiger partial charge >= 0.3 is 0 Å². The van der Waals surface area contributed by atoms with Gasteiger partial charge in [-0.25, -0.2) is 4.98 Å². The highest BCUT2D eigenvalue weighted by Gasteiger charge is 2.14. The van der Waals surface area contributed by atoms with Crippen LogP contribution in [-0.2, 0) is 0 Å². The van der Waals surface area contributed by atoms with Gasteiger partial charge in [-0.1, -0.05) is 6.07 Å². The molecule has 17 heavy (non-hydrogen) atoms. The monoisotopic (exact) mass is 229 g/mol. The Bertz CT molecular complexity index is 523. The molecule has 88 valence electrons. The van der Waals surface area contributed by atoms with Crippen molar-refractivity contribution in [3.05, 3.63) is 53.0 Å². The SMILES string of the molecule is Cc1cnc(N)c(C(O)c2ccc(C)nc2)c1. The number of aryl methyl sites for hydroxylation is 2. The van der Waals surface area contributed by atoms with E-state index in [9.17, 15) is 5.11 Å². The molecule has 4 heteroatoms. The molecule has 0 amide bonds. The highest BCUT2D eigenvalue weighted by Crippen LogP contribution is 2.25. The van der Waals surface area contributed by atoms with Crippen LogP contribution in [0.4, 0.5) is 5.82 Å². The van der Waals surface area contributed by atoms with Gasteiger partial charge in [-0.3, -0.25) is 4.98 Å². The number of pyridine rings is 2. The first-order valence-electron chi connectivity index (χ1n) is 5.40. The van der Waals surface area contributed by atoms with Gasteiger partial charge in [0, 0.05) is 29.2 Å². The third-order valence-electron chi connectivity index (χ3n) is 2.63. The predicted octanol–water partition coefficient (Wildman–Crippen LogP) is 1.76. The molecule has 0 aliphatic carbocycles. The molecule has 0 aliphatic rings. The molecule has 0 bridgehead atoms. The van der Waals surface area contributed by atoms with Crippen LogP contribution in [0.25, 0.3) is 0 Å². The summed E-state index contributed by atoms with van der Waals surface area (Å²) in [5.74, 6) is 0.351. The first kappa shape index (κ1) is 11.5. The molecule has 0 aliphatic heterocycles. The number of nitrogens with zero attached hydrogens (tertiary/aromatic N) is 2. The molecule has 0 aromatic carbocycles. The van der Waals surface area contributed by atoms with Crippen LogP contribution in [0.5, 0.6) is 0 Å². The Hall–Kier alpha value is -1.94. The second-order valence-corrected chi connectivity index (χ2v) is 4.12. The van der Waals surface area contributed by atoms with Crippen molar-refractivity contribution in [1.29, 1.82) is 0 Å². The van der Waals surface area contributed by atoms with Crippen molar-refractivity contribution in [2.45, 2.75) is 20.0 Å². The Morgan fingerprint density at radius 3 is 2.59 bits per heavy atom. The van der Waals surface area contributed by atoms with E-state index in [1.54, 1.807) is 12.4 Å². The Morgan fingerprint density at radius 2 is 1.94 bits per heavy atom. The number of hydrogen-bond acceptors (Lipinski definition) is 4. The third-order valence-corrected chi connectivity index (χ3v) is 2.63. The molecule has 0 spiro atoms. The number of aliphatic hydroxyl groups is 1. The van der Waals surface area contributed by atoms with Gasteiger partial charge in [-0.2, -0.15) is 0 Å². The number of nitrogen functional groups attached to an aromatic ring is 1. The summed E-state index contributed by atoms with van der Waals surface area (Å²) in [4.78, 5) is 8.20. The molecule has 0 radical (unpaired) electrons. The van der Waals surface area contributed by atoms with E-state index >= 15 is 0 Å². The van der Waals surface area contributed by atoms with Crippen molar-refractivity contribution < 1.29 is 5.11 Å². The van der Waals surface area contributed by atoms with Gasteiger partial charge in [-0.05, 0) is 31.5 Å². The van der Waals surface area contributed by atoms with Crippen LogP contribution >= 0.6 is 0 Å². The largest absolute Gasteiger partial charge is 0.383 e. The summed E-state index contributed by atoms with van der Waals surface area (Å²) in [5, 5.41) is 10.2. The Kier molecular flexibility index (Phi) is 3.06. The van der Waals surface area contributed by atoms with E-state index in [4.69, 9.17) is 5.73 Å². The van der Waals surface area contributed by atoms with Crippen LogP contribution in [0.15, 0.2) is 30.6 Å². The van der Waals surface area contributed by atoms with Gasteiger partial charge in [0.2, 0.25) is 0 Å². The van der Waals surface area contributed by atoms with Gasteiger partial charge in [-0.15, -0.1) is 0 Å². The second kappa shape index (κ2) is 4.51. The molecule has 2 aromatic rings. The standard InChI is InChI=1S/C13H15N3O/c1-8-5-11(13(14)16-6-8)12(17)10-4-3-9(2)15-7-10/h3-7,12,17H,1-2H3,(H2,14,16). The summed E-state index contributed by atoms with van der Waals surface area (Å²) in [6, 6.07) is 5.54. The van der Waals surface area contributed by atoms with Crippen molar-refractivity contribution in [3.8, 4) is 0 Å². The van der Waals surface area contributed by atoms with Gasteiger partial charge in [0.15, 0.2) is 0 Å². The quantitative estimate of drug-likeness (QED) is 0.823. The topological polar surface area (TPSA) is 72.0 Å². The van der Waals surface area contributed by atoms with Crippen molar-refractivity contribution in [2.24, 2.45) is 0 Å². The maximum atomic E-state index is 10.2. The van der Waals surface area contributed by atoms with Crippen molar-refractivity contribution in [1.82, 2.24) is 9.97 Å². The molecule has 2 heterocycles. The number of aliphatic hydroxyl groups excluding tert-OH is 1. The lowest BCUT2D eigenvalue weighted by atomic mass is 10.0. The minimum Gasteiger partial charge on any atom is -0.383 e. The van der Waals surface area contributed by atoms with E-state index in [0.29, 0.717) is 11.4 Å². The summed E-state index contributed by atoms with van der Waals surface area (Å²) in [6.07, 6.45) is 2.55. The highest BCUT2D eigenvalue weighted by atomic mass is 16.3.